The number of hydrogen-bond donors (Lipinski definition) is 0. The minimum atomic E-state index is -0.279. The molecule has 2 aromatic rings. The number of benzene rings is 1. The first-order chi connectivity index (χ1) is 12.5. The van der Waals surface area contributed by atoms with E-state index in [1.165, 1.54) is 16.2 Å². The molecule has 0 aliphatic carbocycles. The normalized spacial score (nSPS) is 13.2. The van der Waals surface area contributed by atoms with Crippen LogP contribution in [0.25, 0.3) is 0 Å². The lowest BCUT2D eigenvalue weighted by Gasteiger charge is -2.21. The number of amides is 3. The molecule has 0 saturated carbocycles. The fraction of sp³-hybridized carbons (Fsp3) is 0.316. The summed E-state index contributed by atoms with van der Waals surface area (Å²) in [7, 11) is 0. The molecule has 2 heterocycles. The fourth-order valence-electron chi connectivity index (χ4n) is 2.99. The molecule has 5 nitrogen and oxygen atoms in total. The second-order valence-corrected chi connectivity index (χ2v) is 7.82. The van der Waals surface area contributed by atoms with Gasteiger partial charge in [-0.25, -0.2) is 0 Å². The third kappa shape index (κ3) is 3.81. The van der Waals surface area contributed by atoms with Gasteiger partial charge < -0.3 is 4.90 Å². The molecule has 26 heavy (non-hydrogen) atoms. The molecule has 0 atom stereocenters. The van der Waals surface area contributed by atoms with Crippen molar-refractivity contribution < 1.29 is 14.4 Å². The van der Waals surface area contributed by atoms with E-state index in [-0.39, 0.29) is 24.3 Å². The van der Waals surface area contributed by atoms with Crippen LogP contribution in [-0.4, -0.2) is 40.6 Å². The molecule has 0 N–H and O–H groups in total. The van der Waals surface area contributed by atoms with E-state index >= 15 is 0 Å². The van der Waals surface area contributed by atoms with Crippen molar-refractivity contribution in [2.45, 2.75) is 26.3 Å². The quantitative estimate of drug-likeness (QED) is 0.675. The number of hydrogen-bond acceptors (Lipinski definition) is 4. The largest absolute Gasteiger partial charge is 0.338 e. The SMILES string of the molecule is CCN(Cc1ccc(Cl)s1)C(=O)CCCN1C(=O)c2ccccc2C1=O. The van der Waals surface area contributed by atoms with Gasteiger partial charge in [-0.3, -0.25) is 19.3 Å². The number of thiophene rings is 1. The van der Waals surface area contributed by atoms with Gasteiger partial charge >= 0.3 is 0 Å². The van der Waals surface area contributed by atoms with Crippen LogP contribution in [0.4, 0.5) is 0 Å². The molecule has 3 amide bonds. The maximum atomic E-state index is 12.4. The van der Waals surface area contributed by atoms with Gasteiger partial charge in [0.15, 0.2) is 0 Å². The van der Waals surface area contributed by atoms with Gasteiger partial charge in [-0.05, 0) is 37.6 Å². The van der Waals surface area contributed by atoms with Gasteiger partial charge in [0.05, 0.1) is 22.0 Å². The first kappa shape index (κ1) is 18.6. The highest BCUT2D eigenvalue weighted by Gasteiger charge is 2.34. The molecule has 136 valence electrons. The van der Waals surface area contributed by atoms with Crippen LogP contribution in [0.1, 0.15) is 45.4 Å². The third-order valence-electron chi connectivity index (χ3n) is 4.36. The maximum Gasteiger partial charge on any atom is 0.261 e. The Labute approximate surface area is 161 Å². The minimum Gasteiger partial charge on any atom is -0.338 e. The highest BCUT2D eigenvalue weighted by Crippen LogP contribution is 2.24. The summed E-state index contributed by atoms with van der Waals surface area (Å²) in [6.45, 7) is 3.30. The van der Waals surface area contributed by atoms with E-state index in [2.05, 4.69) is 0 Å². The van der Waals surface area contributed by atoms with E-state index in [1.807, 2.05) is 19.1 Å². The van der Waals surface area contributed by atoms with Gasteiger partial charge in [0.1, 0.15) is 0 Å². The van der Waals surface area contributed by atoms with Crippen molar-refractivity contribution in [2.75, 3.05) is 13.1 Å². The zero-order chi connectivity index (χ0) is 18.7. The Balaban J connectivity index is 1.53. The van der Waals surface area contributed by atoms with Gasteiger partial charge in [-0.2, -0.15) is 0 Å². The van der Waals surface area contributed by atoms with Crippen LogP contribution in [-0.2, 0) is 11.3 Å². The van der Waals surface area contributed by atoms with Gasteiger partial charge in [-0.1, -0.05) is 23.7 Å². The van der Waals surface area contributed by atoms with E-state index in [9.17, 15) is 14.4 Å². The predicted molar refractivity (Wildman–Crippen MR) is 101 cm³/mol. The molecule has 1 aromatic heterocycles. The molecule has 0 saturated heterocycles. The van der Waals surface area contributed by atoms with Crippen LogP contribution < -0.4 is 0 Å². The standard InChI is InChI=1S/C19H19ClN2O3S/c1-2-21(12-13-9-10-16(20)26-13)17(23)8-5-11-22-18(24)14-6-3-4-7-15(14)19(22)25/h3-4,6-7,9-10H,2,5,8,11-12H2,1H3. The van der Waals surface area contributed by atoms with Crippen molar-refractivity contribution in [1.82, 2.24) is 9.80 Å². The summed E-state index contributed by atoms with van der Waals surface area (Å²) in [5.41, 5.74) is 0.877. The third-order valence-corrected chi connectivity index (χ3v) is 5.58. The maximum absolute atomic E-state index is 12.4. The van der Waals surface area contributed by atoms with Gasteiger partial charge in [0.25, 0.3) is 11.8 Å². The van der Waals surface area contributed by atoms with Crippen LogP contribution >= 0.6 is 22.9 Å². The second kappa shape index (κ2) is 8.01. The summed E-state index contributed by atoms with van der Waals surface area (Å²) in [6.07, 6.45) is 0.742. The first-order valence-corrected chi connectivity index (χ1v) is 9.68. The van der Waals surface area contributed by atoms with E-state index in [0.717, 1.165) is 4.88 Å². The first-order valence-electron chi connectivity index (χ1n) is 8.48. The Morgan fingerprint density at radius 1 is 1.12 bits per heavy atom. The molecule has 0 spiro atoms. The van der Waals surface area contributed by atoms with E-state index < -0.39 is 0 Å². The molecule has 0 bridgehead atoms. The number of rotatable bonds is 7. The van der Waals surface area contributed by atoms with E-state index in [1.54, 1.807) is 29.2 Å². The minimum absolute atomic E-state index is 0.00799. The second-order valence-electron chi connectivity index (χ2n) is 6.02. The molecule has 1 aliphatic heterocycles. The zero-order valence-electron chi connectivity index (χ0n) is 14.4. The lowest BCUT2D eigenvalue weighted by atomic mass is 10.1. The Morgan fingerprint density at radius 3 is 2.31 bits per heavy atom. The van der Waals surface area contributed by atoms with Crippen LogP contribution in [0, 0.1) is 0 Å². The average Bonchev–Trinajstić information content (AvgIpc) is 3.16. The number of nitrogens with zero attached hydrogens (tertiary/aromatic N) is 2. The van der Waals surface area contributed by atoms with Gasteiger partial charge in [-0.15, -0.1) is 11.3 Å². The molecule has 1 aliphatic rings. The summed E-state index contributed by atoms with van der Waals surface area (Å²) in [5.74, 6) is -0.550. The van der Waals surface area contributed by atoms with Crippen molar-refractivity contribution in [3.8, 4) is 0 Å². The highest BCUT2D eigenvalue weighted by molar-refractivity contribution is 7.16. The van der Waals surface area contributed by atoms with E-state index in [0.29, 0.717) is 41.4 Å². The van der Waals surface area contributed by atoms with Gasteiger partial charge in [0, 0.05) is 24.4 Å². The summed E-state index contributed by atoms with van der Waals surface area (Å²) in [5, 5.41) is 0. The number of carbonyl (C=O) groups is 3. The molecule has 1 aromatic carbocycles. The summed E-state index contributed by atoms with van der Waals surface area (Å²) < 4.78 is 0.703. The van der Waals surface area contributed by atoms with Crippen molar-refractivity contribution in [3.05, 3.63) is 56.7 Å². The van der Waals surface area contributed by atoms with Crippen LogP contribution in [0.5, 0.6) is 0 Å². The molecule has 0 radical (unpaired) electrons. The van der Waals surface area contributed by atoms with Crippen molar-refractivity contribution in [1.29, 1.82) is 0 Å². The lowest BCUT2D eigenvalue weighted by Crippen LogP contribution is -2.33. The van der Waals surface area contributed by atoms with Crippen LogP contribution in [0.15, 0.2) is 36.4 Å². The number of halogens is 1. The predicted octanol–water partition coefficient (Wildman–Crippen LogP) is 3.83. The van der Waals surface area contributed by atoms with Crippen LogP contribution in [0.2, 0.25) is 4.34 Å². The number of imide groups is 1. The van der Waals surface area contributed by atoms with Crippen molar-refractivity contribution in [3.63, 3.8) is 0 Å². The Morgan fingerprint density at radius 2 is 1.77 bits per heavy atom. The van der Waals surface area contributed by atoms with Crippen molar-refractivity contribution >= 4 is 40.7 Å². The van der Waals surface area contributed by atoms with E-state index in [4.69, 9.17) is 11.6 Å². The number of fused-ring (bicyclic) bond motifs is 1. The van der Waals surface area contributed by atoms with Crippen molar-refractivity contribution in [2.24, 2.45) is 0 Å². The Kier molecular flexibility index (Phi) is 5.74. The summed E-state index contributed by atoms with van der Waals surface area (Å²) >= 11 is 7.39. The van der Waals surface area contributed by atoms with Crippen LogP contribution in [0.3, 0.4) is 0 Å². The highest BCUT2D eigenvalue weighted by atomic mass is 35.5. The topological polar surface area (TPSA) is 57.7 Å². The Hall–Kier alpha value is -2.18. The fourth-order valence-corrected chi connectivity index (χ4v) is 4.09. The lowest BCUT2D eigenvalue weighted by molar-refractivity contribution is -0.131. The summed E-state index contributed by atoms with van der Waals surface area (Å²) in [4.78, 5) is 41.1. The molecule has 0 unspecified atom stereocenters. The zero-order valence-corrected chi connectivity index (χ0v) is 16.0. The molecule has 3 rings (SSSR count). The molecular weight excluding hydrogens is 372 g/mol. The van der Waals surface area contributed by atoms with Gasteiger partial charge in [0.2, 0.25) is 5.91 Å². The average molecular weight is 391 g/mol. The number of carbonyl (C=O) groups excluding carboxylic acids is 3. The smallest absolute Gasteiger partial charge is 0.261 e. The molecule has 0 fully saturated rings. The Bertz CT molecular complexity index is 814. The summed E-state index contributed by atoms with van der Waals surface area (Å²) in [6, 6.07) is 10.5. The monoisotopic (exact) mass is 390 g/mol. The molecule has 7 heteroatoms. The molecular formula is C19H19ClN2O3S.